The number of halogens is 1. The van der Waals surface area contributed by atoms with Gasteiger partial charge >= 0.3 is 0 Å². The van der Waals surface area contributed by atoms with Gasteiger partial charge in [0.1, 0.15) is 6.10 Å². The third kappa shape index (κ3) is 2.37. The minimum Gasteiger partial charge on any atom is -0.368 e. The highest BCUT2D eigenvalue weighted by Gasteiger charge is 2.23. The molecule has 2 N–H and O–H groups in total. The van der Waals surface area contributed by atoms with E-state index < -0.39 is 0 Å². The predicted octanol–water partition coefficient (Wildman–Crippen LogP) is 3.08. The Morgan fingerprint density at radius 1 is 1.57 bits per heavy atom. The van der Waals surface area contributed by atoms with Crippen LogP contribution in [-0.2, 0) is 4.74 Å². The second kappa shape index (κ2) is 4.75. The van der Waals surface area contributed by atoms with Crippen LogP contribution in [0.4, 0.5) is 0 Å². The number of hydrogen-bond acceptors (Lipinski definition) is 3. The molecule has 0 amide bonds. The van der Waals surface area contributed by atoms with Gasteiger partial charge in [-0.3, -0.25) is 0 Å². The number of hydrogen-bond donors (Lipinski definition) is 1. The highest BCUT2D eigenvalue weighted by Crippen LogP contribution is 2.33. The van der Waals surface area contributed by atoms with Crippen LogP contribution >= 0.6 is 27.3 Å². The number of rotatable bonds is 4. The Balaban J connectivity index is 1.97. The van der Waals surface area contributed by atoms with Crippen molar-refractivity contribution in [2.24, 2.45) is 5.73 Å². The first kappa shape index (κ1) is 10.6. The van der Waals surface area contributed by atoms with Crippen molar-refractivity contribution in [1.82, 2.24) is 0 Å². The Hall–Kier alpha value is 0.1000. The molecule has 0 spiro atoms. The lowest BCUT2D eigenvalue weighted by Gasteiger charge is -2.29. The summed E-state index contributed by atoms with van der Waals surface area (Å²) in [5.41, 5.74) is 5.71. The van der Waals surface area contributed by atoms with Crippen LogP contribution in [0.3, 0.4) is 0 Å². The Labute approximate surface area is 96.6 Å². The molecule has 1 aliphatic carbocycles. The lowest BCUT2D eigenvalue weighted by molar-refractivity contribution is -0.0472. The topological polar surface area (TPSA) is 35.2 Å². The summed E-state index contributed by atoms with van der Waals surface area (Å²) in [6.07, 6.45) is 4.24. The van der Waals surface area contributed by atoms with Crippen LogP contribution in [0.15, 0.2) is 15.9 Å². The van der Waals surface area contributed by atoms with Crippen molar-refractivity contribution in [2.45, 2.75) is 31.5 Å². The van der Waals surface area contributed by atoms with Gasteiger partial charge in [-0.1, -0.05) is 0 Å². The largest absolute Gasteiger partial charge is 0.368 e. The summed E-state index contributed by atoms with van der Waals surface area (Å²) in [6, 6.07) is 4.14. The zero-order valence-corrected chi connectivity index (χ0v) is 10.3. The quantitative estimate of drug-likeness (QED) is 0.917. The van der Waals surface area contributed by atoms with Crippen LogP contribution in [0.25, 0.3) is 0 Å². The van der Waals surface area contributed by atoms with Crippen molar-refractivity contribution >= 4 is 27.3 Å². The average molecular weight is 276 g/mol. The fourth-order valence-electron chi connectivity index (χ4n) is 1.48. The molecule has 1 fully saturated rings. The third-order valence-corrected chi connectivity index (χ3v) is 4.25. The minimum absolute atomic E-state index is 0.0941. The molecular formula is C10H14BrNOS. The lowest BCUT2D eigenvalue weighted by atomic mass is 9.96. The molecular weight excluding hydrogens is 262 g/mol. The first-order chi connectivity index (χ1) is 6.79. The van der Waals surface area contributed by atoms with Crippen molar-refractivity contribution in [1.29, 1.82) is 0 Å². The van der Waals surface area contributed by atoms with E-state index in [1.807, 2.05) is 6.07 Å². The summed E-state index contributed by atoms with van der Waals surface area (Å²) in [6.45, 7) is 0.573. The molecule has 1 aromatic heterocycles. The Bertz CT molecular complexity index is 298. The summed E-state index contributed by atoms with van der Waals surface area (Å²) in [4.78, 5) is 1.23. The van der Waals surface area contributed by atoms with E-state index in [-0.39, 0.29) is 6.10 Å². The van der Waals surface area contributed by atoms with Gasteiger partial charge in [0.15, 0.2) is 0 Å². The molecule has 0 bridgehead atoms. The molecule has 1 aliphatic rings. The maximum absolute atomic E-state index is 5.90. The summed E-state index contributed by atoms with van der Waals surface area (Å²) in [5, 5.41) is 0. The van der Waals surface area contributed by atoms with Gasteiger partial charge in [0, 0.05) is 11.4 Å². The SMILES string of the molecule is NCC(OC1CCC1)c1ccc(Br)s1. The van der Waals surface area contributed by atoms with Crippen LogP contribution in [0.5, 0.6) is 0 Å². The molecule has 1 atom stereocenters. The molecule has 2 nitrogen and oxygen atoms in total. The van der Waals surface area contributed by atoms with Gasteiger partial charge in [-0.2, -0.15) is 0 Å². The van der Waals surface area contributed by atoms with Crippen LogP contribution in [0.1, 0.15) is 30.2 Å². The predicted molar refractivity (Wildman–Crippen MR) is 62.5 cm³/mol. The zero-order chi connectivity index (χ0) is 9.97. The van der Waals surface area contributed by atoms with Gasteiger partial charge in [-0.15, -0.1) is 11.3 Å². The molecule has 1 heterocycles. The van der Waals surface area contributed by atoms with E-state index in [9.17, 15) is 0 Å². The monoisotopic (exact) mass is 275 g/mol. The van der Waals surface area contributed by atoms with E-state index in [4.69, 9.17) is 10.5 Å². The van der Waals surface area contributed by atoms with Crippen LogP contribution in [-0.4, -0.2) is 12.6 Å². The summed E-state index contributed by atoms with van der Waals surface area (Å²) < 4.78 is 7.04. The van der Waals surface area contributed by atoms with Crippen LogP contribution < -0.4 is 5.73 Å². The summed E-state index contributed by atoms with van der Waals surface area (Å²) in [7, 11) is 0. The van der Waals surface area contributed by atoms with E-state index in [1.54, 1.807) is 11.3 Å². The summed E-state index contributed by atoms with van der Waals surface area (Å²) >= 11 is 5.16. The molecule has 1 saturated carbocycles. The third-order valence-electron chi connectivity index (χ3n) is 2.53. The zero-order valence-electron chi connectivity index (χ0n) is 7.91. The Morgan fingerprint density at radius 3 is 2.79 bits per heavy atom. The van der Waals surface area contributed by atoms with E-state index in [0.29, 0.717) is 12.6 Å². The number of nitrogens with two attached hydrogens (primary N) is 1. The Kier molecular flexibility index (Phi) is 3.60. The molecule has 0 radical (unpaired) electrons. The highest BCUT2D eigenvalue weighted by molar-refractivity contribution is 9.11. The maximum Gasteiger partial charge on any atom is 0.104 e. The number of thiophene rings is 1. The minimum atomic E-state index is 0.0941. The van der Waals surface area contributed by atoms with Gasteiger partial charge in [-0.25, -0.2) is 0 Å². The van der Waals surface area contributed by atoms with Gasteiger partial charge in [-0.05, 0) is 47.3 Å². The van der Waals surface area contributed by atoms with Crippen LogP contribution in [0.2, 0.25) is 0 Å². The van der Waals surface area contributed by atoms with Crippen molar-refractivity contribution in [3.8, 4) is 0 Å². The molecule has 14 heavy (non-hydrogen) atoms. The highest BCUT2D eigenvalue weighted by atomic mass is 79.9. The standard InChI is InChI=1S/C10H14BrNOS/c11-10-5-4-9(14-10)8(6-12)13-7-2-1-3-7/h4-5,7-8H,1-3,6,12H2. The fourth-order valence-corrected chi connectivity index (χ4v) is 2.95. The van der Waals surface area contributed by atoms with Crippen molar-refractivity contribution in [2.75, 3.05) is 6.54 Å². The van der Waals surface area contributed by atoms with Gasteiger partial charge in [0.2, 0.25) is 0 Å². The van der Waals surface area contributed by atoms with E-state index in [2.05, 4.69) is 22.0 Å². The molecule has 0 aromatic carbocycles. The summed E-state index contributed by atoms with van der Waals surface area (Å²) in [5.74, 6) is 0. The molecule has 4 heteroatoms. The average Bonchev–Trinajstić information content (AvgIpc) is 2.50. The molecule has 78 valence electrons. The molecule has 1 aromatic rings. The van der Waals surface area contributed by atoms with Gasteiger partial charge in [0.25, 0.3) is 0 Å². The molecule has 0 aliphatic heterocycles. The first-order valence-corrected chi connectivity index (χ1v) is 6.51. The molecule has 0 saturated heterocycles. The maximum atomic E-state index is 5.90. The van der Waals surface area contributed by atoms with Crippen LogP contribution in [0, 0.1) is 0 Å². The van der Waals surface area contributed by atoms with Gasteiger partial charge in [0.05, 0.1) is 9.89 Å². The van der Waals surface area contributed by atoms with E-state index in [1.165, 1.54) is 24.1 Å². The normalized spacial score (nSPS) is 19.3. The van der Waals surface area contributed by atoms with Crippen molar-refractivity contribution in [3.05, 3.63) is 20.8 Å². The molecule has 1 unspecified atom stereocenters. The van der Waals surface area contributed by atoms with E-state index in [0.717, 1.165) is 3.79 Å². The van der Waals surface area contributed by atoms with Gasteiger partial charge < -0.3 is 10.5 Å². The smallest absolute Gasteiger partial charge is 0.104 e. The lowest BCUT2D eigenvalue weighted by Crippen LogP contribution is -2.27. The fraction of sp³-hybridized carbons (Fsp3) is 0.600. The first-order valence-electron chi connectivity index (χ1n) is 4.90. The second-order valence-electron chi connectivity index (χ2n) is 3.56. The molecule has 2 rings (SSSR count). The Morgan fingerprint density at radius 2 is 2.36 bits per heavy atom. The van der Waals surface area contributed by atoms with E-state index >= 15 is 0 Å². The second-order valence-corrected chi connectivity index (χ2v) is 6.05. The van der Waals surface area contributed by atoms with Crippen molar-refractivity contribution < 1.29 is 4.74 Å². The van der Waals surface area contributed by atoms with Crippen molar-refractivity contribution in [3.63, 3.8) is 0 Å². The number of ether oxygens (including phenoxy) is 1.